The van der Waals surface area contributed by atoms with Crippen LogP contribution in [0.15, 0.2) is 23.1 Å². The van der Waals surface area contributed by atoms with Crippen LogP contribution < -0.4 is 10.0 Å². The number of rotatable bonds is 8. The number of hydrogen-bond acceptors (Lipinski definition) is 5. The van der Waals surface area contributed by atoms with Crippen LogP contribution in [0, 0.1) is 0 Å². The molecule has 8 heteroatoms. The van der Waals surface area contributed by atoms with E-state index in [9.17, 15) is 18.3 Å². The Morgan fingerprint density at radius 2 is 2.10 bits per heavy atom. The first-order valence-electron chi connectivity index (χ1n) is 6.05. The third-order valence-electron chi connectivity index (χ3n) is 2.54. The first kappa shape index (κ1) is 16.8. The van der Waals surface area contributed by atoms with E-state index in [2.05, 4.69) is 10.0 Å². The lowest BCUT2D eigenvalue weighted by molar-refractivity contribution is 0.0694. The van der Waals surface area contributed by atoms with Crippen LogP contribution in [0.25, 0.3) is 0 Å². The standard InChI is InChI=1S/C12H18N2O4S2/c1-3-19-10-6-4-5-9(11(10)12(15)16)14-7-8-20(17,18)13-2/h4-6,13-14H,3,7-8H2,1-2H3,(H,15,16). The molecule has 0 saturated carbocycles. The Morgan fingerprint density at radius 1 is 1.40 bits per heavy atom. The van der Waals surface area contributed by atoms with Crippen LogP contribution in [0.1, 0.15) is 17.3 Å². The van der Waals surface area contributed by atoms with Gasteiger partial charge in [-0.3, -0.25) is 0 Å². The molecule has 0 amide bonds. The lowest BCUT2D eigenvalue weighted by Crippen LogP contribution is -2.26. The molecule has 0 atom stereocenters. The number of nitrogens with one attached hydrogen (secondary N) is 2. The van der Waals surface area contributed by atoms with Gasteiger partial charge < -0.3 is 10.4 Å². The van der Waals surface area contributed by atoms with Gasteiger partial charge in [-0.25, -0.2) is 17.9 Å². The monoisotopic (exact) mass is 318 g/mol. The van der Waals surface area contributed by atoms with E-state index in [0.717, 1.165) is 5.75 Å². The van der Waals surface area contributed by atoms with Crippen LogP contribution in [-0.2, 0) is 10.0 Å². The number of anilines is 1. The fourth-order valence-electron chi connectivity index (χ4n) is 1.60. The second-order valence-electron chi connectivity index (χ2n) is 3.87. The molecule has 0 aliphatic carbocycles. The molecule has 0 aliphatic heterocycles. The average Bonchev–Trinajstić information content (AvgIpc) is 2.39. The minimum absolute atomic E-state index is 0.117. The Balaban J connectivity index is 2.89. The van der Waals surface area contributed by atoms with Gasteiger partial charge in [0.2, 0.25) is 10.0 Å². The fraction of sp³-hybridized carbons (Fsp3) is 0.417. The van der Waals surface area contributed by atoms with E-state index in [4.69, 9.17) is 0 Å². The molecule has 1 aromatic carbocycles. The van der Waals surface area contributed by atoms with Gasteiger partial charge >= 0.3 is 5.97 Å². The van der Waals surface area contributed by atoms with E-state index < -0.39 is 16.0 Å². The molecule has 0 heterocycles. The molecule has 0 fully saturated rings. The Morgan fingerprint density at radius 3 is 2.65 bits per heavy atom. The maximum absolute atomic E-state index is 11.3. The van der Waals surface area contributed by atoms with Crippen molar-refractivity contribution >= 4 is 33.4 Å². The van der Waals surface area contributed by atoms with Crippen molar-refractivity contribution in [2.24, 2.45) is 0 Å². The number of carboxylic acids is 1. The van der Waals surface area contributed by atoms with Gasteiger partial charge in [0.25, 0.3) is 0 Å². The number of carbonyl (C=O) groups is 1. The molecule has 112 valence electrons. The van der Waals surface area contributed by atoms with Gasteiger partial charge in [-0.2, -0.15) is 0 Å². The summed E-state index contributed by atoms with van der Waals surface area (Å²) < 4.78 is 24.8. The fourth-order valence-corrected chi connectivity index (χ4v) is 3.00. The summed E-state index contributed by atoms with van der Waals surface area (Å²) in [5.74, 6) is -0.383. The lowest BCUT2D eigenvalue weighted by Gasteiger charge is -2.12. The van der Waals surface area contributed by atoms with Gasteiger partial charge in [-0.15, -0.1) is 11.8 Å². The van der Waals surface area contributed by atoms with Gasteiger partial charge in [-0.05, 0) is 24.9 Å². The van der Waals surface area contributed by atoms with Crippen molar-refractivity contribution in [3.05, 3.63) is 23.8 Å². The zero-order chi connectivity index (χ0) is 15.2. The van der Waals surface area contributed by atoms with E-state index in [1.54, 1.807) is 18.2 Å². The highest BCUT2D eigenvalue weighted by Gasteiger charge is 2.16. The van der Waals surface area contributed by atoms with E-state index in [-0.39, 0.29) is 17.9 Å². The summed E-state index contributed by atoms with van der Waals surface area (Å²) in [5.41, 5.74) is 0.614. The van der Waals surface area contributed by atoms with E-state index >= 15 is 0 Å². The van der Waals surface area contributed by atoms with Gasteiger partial charge in [-0.1, -0.05) is 13.0 Å². The molecule has 1 rings (SSSR count). The molecule has 0 radical (unpaired) electrons. The van der Waals surface area contributed by atoms with Gasteiger partial charge in [0.05, 0.1) is 11.3 Å². The number of aromatic carboxylic acids is 1. The van der Waals surface area contributed by atoms with Crippen LogP contribution in [0.5, 0.6) is 0 Å². The van der Waals surface area contributed by atoms with Crippen molar-refractivity contribution in [3.8, 4) is 0 Å². The highest BCUT2D eigenvalue weighted by atomic mass is 32.2. The maximum atomic E-state index is 11.3. The highest BCUT2D eigenvalue weighted by Crippen LogP contribution is 2.28. The molecule has 0 unspecified atom stereocenters. The molecule has 20 heavy (non-hydrogen) atoms. The molecular formula is C12H18N2O4S2. The SMILES string of the molecule is CCSc1cccc(NCCS(=O)(=O)NC)c1C(=O)O. The van der Waals surface area contributed by atoms with Crippen LogP contribution in [-0.4, -0.2) is 44.6 Å². The number of benzene rings is 1. The minimum Gasteiger partial charge on any atom is -0.478 e. The minimum atomic E-state index is -3.31. The number of sulfonamides is 1. The van der Waals surface area contributed by atoms with Crippen molar-refractivity contribution in [1.29, 1.82) is 0 Å². The molecule has 0 aliphatic rings. The van der Waals surface area contributed by atoms with Gasteiger partial charge in [0, 0.05) is 17.1 Å². The quantitative estimate of drug-likeness (QED) is 0.628. The van der Waals surface area contributed by atoms with E-state index in [1.807, 2.05) is 6.92 Å². The van der Waals surface area contributed by atoms with Gasteiger partial charge in [0.15, 0.2) is 0 Å². The predicted octanol–water partition coefficient (Wildman–Crippen LogP) is 1.46. The number of carboxylic acid groups (broad SMARTS) is 1. The summed E-state index contributed by atoms with van der Waals surface area (Å²) in [6.07, 6.45) is 0. The van der Waals surface area contributed by atoms with E-state index in [1.165, 1.54) is 18.8 Å². The Hall–Kier alpha value is -1.25. The van der Waals surface area contributed by atoms with Crippen molar-refractivity contribution in [2.45, 2.75) is 11.8 Å². The summed E-state index contributed by atoms with van der Waals surface area (Å²) in [5, 5.41) is 12.2. The smallest absolute Gasteiger partial charge is 0.338 e. The number of hydrogen-bond donors (Lipinski definition) is 3. The summed E-state index contributed by atoms with van der Waals surface area (Å²) in [6, 6.07) is 5.13. The largest absolute Gasteiger partial charge is 0.478 e. The molecule has 6 nitrogen and oxygen atoms in total. The third-order valence-corrected chi connectivity index (χ3v) is 4.84. The molecule has 3 N–H and O–H groups in total. The Bertz CT molecular complexity index is 573. The van der Waals surface area contributed by atoms with Crippen molar-refractivity contribution in [3.63, 3.8) is 0 Å². The predicted molar refractivity (Wildman–Crippen MR) is 81.1 cm³/mol. The Labute approximate surface area is 123 Å². The number of thioether (sulfide) groups is 1. The van der Waals surface area contributed by atoms with Crippen LogP contribution in [0.3, 0.4) is 0 Å². The van der Waals surface area contributed by atoms with Crippen LogP contribution in [0.2, 0.25) is 0 Å². The second kappa shape index (κ2) is 7.51. The summed E-state index contributed by atoms with van der Waals surface area (Å²) in [4.78, 5) is 12.0. The van der Waals surface area contributed by atoms with Crippen molar-refractivity contribution in [1.82, 2.24) is 4.72 Å². The van der Waals surface area contributed by atoms with Crippen LogP contribution >= 0.6 is 11.8 Å². The maximum Gasteiger partial charge on any atom is 0.338 e. The highest BCUT2D eigenvalue weighted by molar-refractivity contribution is 7.99. The molecule has 1 aromatic rings. The lowest BCUT2D eigenvalue weighted by atomic mass is 10.2. The summed E-state index contributed by atoms with van der Waals surface area (Å²) >= 11 is 1.44. The molecule has 0 spiro atoms. The zero-order valence-electron chi connectivity index (χ0n) is 11.3. The first-order chi connectivity index (χ1) is 9.41. The van der Waals surface area contributed by atoms with Crippen molar-refractivity contribution in [2.75, 3.05) is 30.4 Å². The normalized spacial score (nSPS) is 11.3. The average molecular weight is 318 g/mol. The Kier molecular flexibility index (Phi) is 6.31. The third kappa shape index (κ3) is 4.69. The molecule has 0 bridgehead atoms. The molecular weight excluding hydrogens is 300 g/mol. The summed E-state index contributed by atoms with van der Waals surface area (Å²) in [6.45, 7) is 2.08. The molecule has 0 saturated heterocycles. The topological polar surface area (TPSA) is 95.5 Å². The molecule has 0 aromatic heterocycles. The van der Waals surface area contributed by atoms with Crippen LogP contribution in [0.4, 0.5) is 5.69 Å². The van der Waals surface area contributed by atoms with Crippen molar-refractivity contribution < 1.29 is 18.3 Å². The van der Waals surface area contributed by atoms with E-state index in [0.29, 0.717) is 10.6 Å². The first-order valence-corrected chi connectivity index (χ1v) is 8.69. The summed E-state index contributed by atoms with van der Waals surface area (Å²) in [7, 11) is -1.96. The van der Waals surface area contributed by atoms with Gasteiger partial charge in [0.1, 0.15) is 0 Å². The second-order valence-corrected chi connectivity index (χ2v) is 7.22. The zero-order valence-corrected chi connectivity index (χ0v) is 13.0.